The van der Waals surface area contributed by atoms with Crippen molar-refractivity contribution in [2.45, 2.75) is 12.2 Å². The van der Waals surface area contributed by atoms with Crippen LogP contribution in [0, 0.1) is 0 Å². The van der Waals surface area contributed by atoms with Gasteiger partial charge < -0.3 is 18.6 Å². The highest BCUT2D eigenvalue weighted by molar-refractivity contribution is 7.90. The lowest BCUT2D eigenvalue weighted by Gasteiger charge is -2.17. The van der Waals surface area contributed by atoms with E-state index in [1.165, 1.54) is 27.6 Å². The summed E-state index contributed by atoms with van der Waals surface area (Å²) in [5.41, 5.74) is 1.18. The van der Waals surface area contributed by atoms with E-state index in [0.29, 0.717) is 40.2 Å². The van der Waals surface area contributed by atoms with Crippen LogP contribution in [0.2, 0.25) is 0 Å². The highest BCUT2D eigenvalue weighted by atomic mass is 32.2. The number of para-hydroxylation sites is 1. The third kappa shape index (κ3) is 4.74. The molecule has 0 saturated carbocycles. The fraction of sp³-hybridized carbons (Fsp3) is 0.261. The maximum Gasteiger partial charge on any atom is 0.216 e. The van der Waals surface area contributed by atoms with E-state index in [2.05, 4.69) is 15.2 Å². The molecule has 0 bridgehead atoms. The Hall–Kier alpha value is -3.86. The highest BCUT2D eigenvalue weighted by Crippen LogP contribution is 2.36. The standard InChI is InChI=1S/C23H24N4O6S/c1-30-17-8-4-9-18(31-2)21(17)27-20(25-26-22(27)19-10-6-13-33-19)15-34(28,29)14-11-16-7-5-12-24-23(16)32-3/h4-10,12-13H,11,14-15H2,1-3H3. The maximum atomic E-state index is 13.1. The predicted octanol–water partition coefficient (Wildman–Crippen LogP) is 3.11. The minimum absolute atomic E-state index is 0.124. The first-order valence-electron chi connectivity index (χ1n) is 10.3. The number of ether oxygens (including phenoxy) is 3. The maximum absolute atomic E-state index is 13.1. The van der Waals surface area contributed by atoms with Crippen molar-refractivity contribution in [1.29, 1.82) is 0 Å². The number of hydrogen-bond donors (Lipinski definition) is 0. The SMILES string of the molecule is COc1cccc(OC)c1-n1c(CS(=O)(=O)CCc2cccnc2OC)nnc1-c1ccco1. The zero-order valence-electron chi connectivity index (χ0n) is 19.0. The third-order valence-corrected chi connectivity index (χ3v) is 6.70. The van der Waals surface area contributed by atoms with Crippen molar-refractivity contribution in [3.63, 3.8) is 0 Å². The molecule has 0 unspecified atom stereocenters. The second-order valence-electron chi connectivity index (χ2n) is 7.28. The fourth-order valence-corrected chi connectivity index (χ4v) is 4.85. The van der Waals surface area contributed by atoms with E-state index in [-0.39, 0.29) is 23.8 Å². The van der Waals surface area contributed by atoms with Crippen LogP contribution in [0.25, 0.3) is 17.3 Å². The number of pyridine rings is 1. The molecule has 0 spiro atoms. The van der Waals surface area contributed by atoms with Crippen LogP contribution in [-0.4, -0.2) is 55.2 Å². The van der Waals surface area contributed by atoms with E-state index in [9.17, 15) is 8.42 Å². The summed E-state index contributed by atoms with van der Waals surface area (Å²) in [6, 6.07) is 12.2. The molecule has 0 saturated heterocycles. The Morgan fingerprint density at radius 3 is 2.35 bits per heavy atom. The molecule has 0 aliphatic carbocycles. The molecule has 0 atom stereocenters. The van der Waals surface area contributed by atoms with Crippen molar-refractivity contribution in [3.05, 3.63) is 66.3 Å². The first kappa shape index (κ1) is 23.3. The summed E-state index contributed by atoms with van der Waals surface area (Å²) in [5.74, 6) is 1.80. The van der Waals surface area contributed by atoms with Crippen LogP contribution >= 0.6 is 0 Å². The van der Waals surface area contributed by atoms with E-state index in [1.54, 1.807) is 53.2 Å². The average molecular weight is 485 g/mol. The van der Waals surface area contributed by atoms with Crippen molar-refractivity contribution in [2.24, 2.45) is 0 Å². The molecule has 3 aromatic heterocycles. The summed E-state index contributed by atoms with van der Waals surface area (Å²) in [6.45, 7) is 0. The van der Waals surface area contributed by atoms with Crippen LogP contribution in [0.1, 0.15) is 11.4 Å². The molecule has 0 aliphatic heterocycles. The molecule has 11 heteroatoms. The minimum atomic E-state index is -3.60. The van der Waals surface area contributed by atoms with Gasteiger partial charge in [-0.3, -0.25) is 4.57 Å². The van der Waals surface area contributed by atoms with Crippen LogP contribution in [0.4, 0.5) is 0 Å². The molecule has 3 heterocycles. The van der Waals surface area contributed by atoms with Gasteiger partial charge in [0.1, 0.15) is 22.9 Å². The lowest BCUT2D eigenvalue weighted by atomic mass is 10.2. The number of benzene rings is 1. The van der Waals surface area contributed by atoms with Crippen molar-refractivity contribution in [2.75, 3.05) is 27.1 Å². The Bertz CT molecular complexity index is 1340. The average Bonchev–Trinajstić information content (AvgIpc) is 3.52. The second-order valence-corrected chi connectivity index (χ2v) is 9.46. The number of hydrogen-bond acceptors (Lipinski definition) is 9. The molecule has 0 fully saturated rings. The molecule has 10 nitrogen and oxygen atoms in total. The van der Waals surface area contributed by atoms with E-state index < -0.39 is 9.84 Å². The summed E-state index contributed by atoms with van der Waals surface area (Å²) in [5, 5.41) is 8.43. The zero-order chi connectivity index (χ0) is 24.1. The topological polar surface area (TPSA) is 119 Å². The van der Waals surface area contributed by atoms with Gasteiger partial charge in [-0.05, 0) is 36.8 Å². The summed E-state index contributed by atoms with van der Waals surface area (Å²) >= 11 is 0. The minimum Gasteiger partial charge on any atom is -0.494 e. The van der Waals surface area contributed by atoms with Crippen molar-refractivity contribution >= 4 is 9.84 Å². The first-order chi connectivity index (χ1) is 16.5. The predicted molar refractivity (Wildman–Crippen MR) is 124 cm³/mol. The van der Waals surface area contributed by atoms with Gasteiger partial charge >= 0.3 is 0 Å². The second kappa shape index (κ2) is 9.96. The van der Waals surface area contributed by atoms with Gasteiger partial charge in [-0.25, -0.2) is 13.4 Å². The van der Waals surface area contributed by atoms with Crippen LogP contribution in [-0.2, 0) is 22.0 Å². The molecule has 0 amide bonds. The van der Waals surface area contributed by atoms with Crippen molar-refractivity contribution < 1.29 is 27.0 Å². The molecular formula is C23H24N4O6S. The molecule has 1 aromatic carbocycles. The molecule has 0 radical (unpaired) electrons. The van der Waals surface area contributed by atoms with Gasteiger partial charge in [-0.15, -0.1) is 10.2 Å². The van der Waals surface area contributed by atoms with Crippen molar-refractivity contribution in [3.8, 4) is 34.7 Å². The molecule has 0 aliphatic rings. The highest BCUT2D eigenvalue weighted by Gasteiger charge is 2.26. The number of aromatic nitrogens is 4. The van der Waals surface area contributed by atoms with Crippen LogP contribution in [0.5, 0.6) is 17.4 Å². The molecular weight excluding hydrogens is 460 g/mol. The molecule has 4 rings (SSSR count). The Kier molecular flexibility index (Phi) is 6.82. The van der Waals surface area contributed by atoms with Gasteiger partial charge in [0.2, 0.25) is 11.7 Å². The fourth-order valence-electron chi connectivity index (χ4n) is 3.59. The zero-order valence-corrected chi connectivity index (χ0v) is 19.8. The lowest BCUT2D eigenvalue weighted by Crippen LogP contribution is -2.16. The van der Waals surface area contributed by atoms with Gasteiger partial charge in [-0.2, -0.15) is 0 Å². The van der Waals surface area contributed by atoms with E-state index in [4.69, 9.17) is 18.6 Å². The van der Waals surface area contributed by atoms with Gasteiger partial charge in [0.05, 0.1) is 33.3 Å². The number of methoxy groups -OCH3 is 3. The Balaban J connectivity index is 1.74. The van der Waals surface area contributed by atoms with E-state index in [1.807, 2.05) is 0 Å². The Labute approximate surface area is 197 Å². The van der Waals surface area contributed by atoms with Gasteiger partial charge in [0.25, 0.3) is 0 Å². The molecule has 34 heavy (non-hydrogen) atoms. The lowest BCUT2D eigenvalue weighted by molar-refractivity contribution is 0.390. The van der Waals surface area contributed by atoms with E-state index >= 15 is 0 Å². The van der Waals surface area contributed by atoms with Gasteiger partial charge in [0, 0.05) is 11.8 Å². The first-order valence-corrected chi connectivity index (χ1v) is 12.2. The normalized spacial score (nSPS) is 11.4. The number of rotatable bonds is 10. The Morgan fingerprint density at radius 2 is 1.71 bits per heavy atom. The monoisotopic (exact) mass is 484 g/mol. The van der Waals surface area contributed by atoms with Crippen LogP contribution in [0.3, 0.4) is 0 Å². The number of nitrogens with zero attached hydrogens (tertiary/aromatic N) is 4. The number of furan rings is 1. The van der Waals surface area contributed by atoms with Crippen molar-refractivity contribution in [1.82, 2.24) is 19.7 Å². The number of aryl methyl sites for hydroxylation is 1. The molecule has 4 aromatic rings. The van der Waals surface area contributed by atoms with Gasteiger partial charge in [-0.1, -0.05) is 12.1 Å². The number of sulfone groups is 1. The van der Waals surface area contributed by atoms with Crippen LogP contribution in [0.15, 0.2) is 59.3 Å². The largest absolute Gasteiger partial charge is 0.494 e. The van der Waals surface area contributed by atoms with Gasteiger partial charge in [0.15, 0.2) is 21.4 Å². The summed E-state index contributed by atoms with van der Waals surface area (Å²) < 4.78 is 49.7. The summed E-state index contributed by atoms with van der Waals surface area (Å²) in [4.78, 5) is 4.12. The van der Waals surface area contributed by atoms with Crippen LogP contribution < -0.4 is 14.2 Å². The summed E-state index contributed by atoms with van der Waals surface area (Å²) in [6.07, 6.45) is 3.35. The smallest absolute Gasteiger partial charge is 0.216 e. The third-order valence-electron chi connectivity index (χ3n) is 5.17. The summed E-state index contributed by atoms with van der Waals surface area (Å²) in [7, 11) is 0.939. The van der Waals surface area contributed by atoms with E-state index in [0.717, 1.165) is 0 Å². The Morgan fingerprint density at radius 1 is 0.941 bits per heavy atom. The molecule has 0 N–H and O–H groups in total. The molecule has 178 valence electrons. The quantitative estimate of drug-likeness (QED) is 0.334.